The van der Waals surface area contributed by atoms with E-state index in [0.717, 1.165) is 18.4 Å². The van der Waals surface area contributed by atoms with Crippen LogP contribution in [0, 0.1) is 5.41 Å². The van der Waals surface area contributed by atoms with Crippen LogP contribution in [0.25, 0.3) is 0 Å². The Labute approximate surface area is 132 Å². The first-order chi connectivity index (χ1) is 10.9. The zero-order chi connectivity index (χ0) is 16.2. The molecule has 0 aromatic heterocycles. The van der Waals surface area contributed by atoms with E-state index in [0.29, 0.717) is 30.8 Å². The maximum atomic E-state index is 12.3. The van der Waals surface area contributed by atoms with Crippen LogP contribution >= 0.6 is 0 Å². The molecular weight excluding hydrogens is 298 g/mol. The zero-order valence-electron chi connectivity index (χ0n) is 12.5. The van der Waals surface area contributed by atoms with Crippen molar-refractivity contribution >= 4 is 23.6 Å². The number of carbonyl (C=O) groups is 3. The standard InChI is InChI=1S/C16H17N3O4/c20-13-4-9-1-2-10(3-12(9)18-13)14(21)17-11-5-16(6-11)7-19(8-16)15(22)23/h1-3,11H,4-8H2,(H,17,21)(H,18,20)(H,22,23). The third-order valence-electron chi connectivity index (χ3n) is 5.01. The molecule has 3 aliphatic rings. The summed E-state index contributed by atoms with van der Waals surface area (Å²) in [5.74, 6) is -0.199. The van der Waals surface area contributed by atoms with Gasteiger partial charge < -0.3 is 20.6 Å². The largest absolute Gasteiger partial charge is 0.465 e. The van der Waals surface area contributed by atoms with Crippen molar-refractivity contribution < 1.29 is 19.5 Å². The van der Waals surface area contributed by atoms with E-state index in [2.05, 4.69) is 10.6 Å². The minimum Gasteiger partial charge on any atom is -0.465 e. The van der Waals surface area contributed by atoms with Gasteiger partial charge in [-0.2, -0.15) is 0 Å². The number of likely N-dealkylation sites (tertiary alicyclic amines) is 1. The van der Waals surface area contributed by atoms with E-state index in [1.54, 1.807) is 18.2 Å². The second kappa shape index (κ2) is 4.71. The molecule has 2 heterocycles. The van der Waals surface area contributed by atoms with Gasteiger partial charge in [0.15, 0.2) is 0 Å². The molecule has 0 unspecified atom stereocenters. The van der Waals surface area contributed by atoms with Gasteiger partial charge in [-0.25, -0.2) is 4.79 Å². The topological polar surface area (TPSA) is 98.7 Å². The lowest BCUT2D eigenvalue weighted by molar-refractivity contribution is -0.115. The van der Waals surface area contributed by atoms with Gasteiger partial charge in [-0.05, 0) is 30.5 Å². The Balaban J connectivity index is 1.33. The summed E-state index contributed by atoms with van der Waals surface area (Å²) in [5, 5.41) is 14.6. The number of hydrogen-bond donors (Lipinski definition) is 3. The third-order valence-corrected chi connectivity index (χ3v) is 5.01. The molecule has 4 rings (SSSR count). The molecule has 0 atom stereocenters. The van der Waals surface area contributed by atoms with Crippen LogP contribution in [-0.4, -0.2) is 47.0 Å². The molecule has 1 spiro atoms. The molecule has 7 nitrogen and oxygen atoms in total. The quantitative estimate of drug-likeness (QED) is 0.760. The first-order valence-electron chi connectivity index (χ1n) is 7.66. The van der Waals surface area contributed by atoms with Gasteiger partial charge in [-0.3, -0.25) is 9.59 Å². The Morgan fingerprint density at radius 2 is 2.04 bits per heavy atom. The van der Waals surface area contributed by atoms with Gasteiger partial charge in [0.25, 0.3) is 5.91 Å². The summed E-state index contributed by atoms with van der Waals surface area (Å²) in [6, 6.07) is 5.35. The first-order valence-corrected chi connectivity index (χ1v) is 7.66. The van der Waals surface area contributed by atoms with E-state index in [1.165, 1.54) is 4.90 Å². The normalized spacial score (nSPS) is 21.2. The highest BCUT2D eigenvalue weighted by atomic mass is 16.4. The van der Waals surface area contributed by atoms with E-state index < -0.39 is 6.09 Å². The van der Waals surface area contributed by atoms with E-state index >= 15 is 0 Å². The van der Waals surface area contributed by atoms with E-state index in [1.807, 2.05) is 0 Å². The molecule has 2 fully saturated rings. The second-order valence-corrected chi connectivity index (χ2v) is 6.81. The summed E-state index contributed by atoms with van der Waals surface area (Å²) in [6.07, 6.45) is 1.14. The van der Waals surface area contributed by atoms with E-state index in [4.69, 9.17) is 5.11 Å². The van der Waals surface area contributed by atoms with Crippen molar-refractivity contribution in [1.82, 2.24) is 10.2 Å². The maximum absolute atomic E-state index is 12.3. The molecule has 1 aliphatic carbocycles. The van der Waals surface area contributed by atoms with Gasteiger partial charge in [-0.1, -0.05) is 6.07 Å². The first kappa shape index (κ1) is 14.0. The van der Waals surface area contributed by atoms with Gasteiger partial charge in [-0.15, -0.1) is 0 Å². The molecule has 1 aromatic rings. The van der Waals surface area contributed by atoms with Crippen molar-refractivity contribution in [3.63, 3.8) is 0 Å². The van der Waals surface area contributed by atoms with Gasteiger partial charge in [0.2, 0.25) is 5.91 Å². The molecule has 0 radical (unpaired) electrons. The SMILES string of the molecule is O=C1Cc2ccc(C(=O)NC3CC4(C3)CN(C(=O)O)C4)cc2N1. The number of benzene rings is 1. The molecule has 23 heavy (non-hydrogen) atoms. The molecule has 2 aliphatic heterocycles. The number of nitrogens with one attached hydrogen (secondary N) is 2. The lowest BCUT2D eigenvalue weighted by Crippen LogP contribution is -2.67. The van der Waals surface area contributed by atoms with Gasteiger partial charge in [0.1, 0.15) is 0 Å². The van der Waals surface area contributed by atoms with E-state index in [-0.39, 0.29) is 23.3 Å². The van der Waals surface area contributed by atoms with E-state index in [9.17, 15) is 14.4 Å². The Kier molecular flexibility index (Phi) is 2.88. The highest BCUT2D eigenvalue weighted by Gasteiger charge is 2.54. The molecule has 1 aromatic carbocycles. The molecule has 3 N–H and O–H groups in total. The van der Waals surface area contributed by atoms with Crippen LogP contribution in [0.1, 0.15) is 28.8 Å². The minimum absolute atomic E-state index is 0.0496. The summed E-state index contributed by atoms with van der Waals surface area (Å²) >= 11 is 0. The number of carboxylic acid groups (broad SMARTS) is 1. The van der Waals surface area contributed by atoms with Crippen LogP contribution in [0.5, 0.6) is 0 Å². The van der Waals surface area contributed by atoms with Crippen LogP contribution in [0.4, 0.5) is 10.5 Å². The number of carbonyl (C=O) groups excluding carboxylic acids is 2. The van der Waals surface area contributed by atoms with Gasteiger partial charge in [0, 0.05) is 35.8 Å². The fraction of sp³-hybridized carbons (Fsp3) is 0.438. The van der Waals surface area contributed by atoms with Gasteiger partial charge >= 0.3 is 6.09 Å². The van der Waals surface area contributed by atoms with Crippen LogP contribution in [-0.2, 0) is 11.2 Å². The fourth-order valence-electron chi connectivity index (χ4n) is 3.87. The molecule has 0 bridgehead atoms. The summed E-state index contributed by atoms with van der Waals surface area (Å²) < 4.78 is 0. The van der Waals surface area contributed by atoms with Crippen LogP contribution in [0.3, 0.4) is 0 Å². The molecule has 1 saturated carbocycles. The average molecular weight is 315 g/mol. The third kappa shape index (κ3) is 2.32. The molecule has 3 amide bonds. The molecule has 120 valence electrons. The summed E-state index contributed by atoms with van der Waals surface area (Å²) in [4.78, 5) is 35.8. The minimum atomic E-state index is -0.872. The van der Waals surface area contributed by atoms with Crippen molar-refractivity contribution in [2.24, 2.45) is 5.41 Å². The highest BCUT2D eigenvalue weighted by Crippen LogP contribution is 2.48. The molecule has 7 heteroatoms. The second-order valence-electron chi connectivity index (χ2n) is 6.81. The zero-order valence-corrected chi connectivity index (χ0v) is 12.5. The van der Waals surface area contributed by atoms with Crippen molar-refractivity contribution in [2.75, 3.05) is 18.4 Å². The lowest BCUT2D eigenvalue weighted by Gasteiger charge is -2.58. The number of rotatable bonds is 2. The number of amides is 3. The van der Waals surface area contributed by atoms with Crippen molar-refractivity contribution in [2.45, 2.75) is 25.3 Å². The molecule has 1 saturated heterocycles. The number of fused-ring (bicyclic) bond motifs is 1. The van der Waals surface area contributed by atoms with Crippen molar-refractivity contribution in [3.05, 3.63) is 29.3 Å². The van der Waals surface area contributed by atoms with Crippen molar-refractivity contribution in [3.8, 4) is 0 Å². The average Bonchev–Trinajstić information content (AvgIpc) is 2.78. The predicted octanol–water partition coefficient (Wildman–Crippen LogP) is 1.05. The Morgan fingerprint density at radius 3 is 2.74 bits per heavy atom. The lowest BCUT2D eigenvalue weighted by atomic mass is 9.61. The molecular formula is C16H17N3O4. The number of hydrogen-bond acceptors (Lipinski definition) is 3. The Bertz CT molecular complexity index is 716. The number of anilines is 1. The number of nitrogens with zero attached hydrogens (tertiary/aromatic N) is 1. The maximum Gasteiger partial charge on any atom is 0.407 e. The van der Waals surface area contributed by atoms with Crippen LogP contribution < -0.4 is 10.6 Å². The highest BCUT2D eigenvalue weighted by molar-refractivity contribution is 6.02. The summed E-state index contributed by atoms with van der Waals surface area (Å²) in [6.45, 7) is 1.14. The Morgan fingerprint density at radius 1 is 1.30 bits per heavy atom. The summed E-state index contributed by atoms with van der Waals surface area (Å²) in [7, 11) is 0. The summed E-state index contributed by atoms with van der Waals surface area (Å²) in [5.41, 5.74) is 2.23. The fourth-order valence-corrected chi connectivity index (χ4v) is 3.87. The monoisotopic (exact) mass is 315 g/mol. The van der Waals surface area contributed by atoms with Crippen molar-refractivity contribution in [1.29, 1.82) is 0 Å². The predicted molar refractivity (Wildman–Crippen MR) is 81.3 cm³/mol. The Hall–Kier alpha value is -2.57. The van der Waals surface area contributed by atoms with Crippen LogP contribution in [0.15, 0.2) is 18.2 Å². The van der Waals surface area contributed by atoms with Crippen LogP contribution in [0.2, 0.25) is 0 Å². The smallest absolute Gasteiger partial charge is 0.407 e. The van der Waals surface area contributed by atoms with Gasteiger partial charge in [0.05, 0.1) is 6.42 Å².